The van der Waals surface area contributed by atoms with Crippen LogP contribution in [-0.4, -0.2) is 20.9 Å². The highest BCUT2D eigenvalue weighted by Crippen LogP contribution is 2.28. The largest absolute Gasteiger partial charge is 0.478 e. The van der Waals surface area contributed by atoms with E-state index in [0.29, 0.717) is 12.3 Å². The lowest BCUT2D eigenvalue weighted by atomic mass is 10.2. The number of nitrogens with zero attached hydrogens (tertiary/aromatic N) is 2. The summed E-state index contributed by atoms with van der Waals surface area (Å²) in [5.41, 5.74) is -0.219. The van der Waals surface area contributed by atoms with Crippen molar-refractivity contribution < 1.29 is 19.0 Å². The number of halogens is 1. The fourth-order valence-corrected chi connectivity index (χ4v) is 1.65. The molecule has 1 heterocycles. The number of carboxylic acids is 1. The van der Waals surface area contributed by atoms with Crippen LogP contribution in [0.5, 0.6) is 11.5 Å². The predicted octanol–water partition coefficient (Wildman–Crippen LogP) is 2.92. The Morgan fingerprint density at radius 3 is 3.00 bits per heavy atom. The van der Waals surface area contributed by atoms with Crippen molar-refractivity contribution in [1.82, 2.24) is 9.78 Å². The molecule has 2 rings (SSSR count). The van der Waals surface area contributed by atoms with Gasteiger partial charge >= 0.3 is 5.97 Å². The first-order valence-corrected chi connectivity index (χ1v) is 5.84. The number of carbonyl (C=O) groups is 1. The van der Waals surface area contributed by atoms with E-state index in [2.05, 4.69) is 5.10 Å². The van der Waals surface area contributed by atoms with Crippen LogP contribution in [0.4, 0.5) is 4.39 Å². The van der Waals surface area contributed by atoms with Gasteiger partial charge in [-0.3, -0.25) is 4.68 Å². The van der Waals surface area contributed by atoms with Crippen LogP contribution in [0.25, 0.3) is 0 Å². The third-order valence-electron chi connectivity index (χ3n) is 2.48. The molecule has 0 amide bonds. The Morgan fingerprint density at radius 1 is 1.53 bits per heavy atom. The smallest absolute Gasteiger partial charge is 0.339 e. The zero-order valence-electron chi connectivity index (χ0n) is 10.3. The van der Waals surface area contributed by atoms with Crippen LogP contribution in [0.1, 0.15) is 23.7 Å². The van der Waals surface area contributed by atoms with Gasteiger partial charge in [-0.2, -0.15) is 5.10 Å². The van der Waals surface area contributed by atoms with Crippen molar-refractivity contribution in [3.63, 3.8) is 0 Å². The van der Waals surface area contributed by atoms with Crippen molar-refractivity contribution in [1.29, 1.82) is 0 Å². The first-order valence-electron chi connectivity index (χ1n) is 5.84. The molecule has 0 saturated heterocycles. The second kappa shape index (κ2) is 5.51. The lowest BCUT2D eigenvalue weighted by Crippen LogP contribution is -2.01. The van der Waals surface area contributed by atoms with E-state index < -0.39 is 11.8 Å². The van der Waals surface area contributed by atoms with E-state index >= 15 is 0 Å². The second-order valence-corrected chi connectivity index (χ2v) is 3.96. The molecule has 0 aliphatic heterocycles. The summed E-state index contributed by atoms with van der Waals surface area (Å²) >= 11 is 0. The Morgan fingerprint density at radius 2 is 2.32 bits per heavy atom. The minimum absolute atomic E-state index is 0.219. The fourth-order valence-electron chi connectivity index (χ4n) is 1.65. The molecular formula is C13H13FN2O3. The molecule has 0 fully saturated rings. The van der Waals surface area contributed by atoms with E-state index in [0.717, 1.165) is 12.5 Å². The van der Waals surface area contributed by atoms with Crippen molar-refractivity contribution >= 4 is 5.97 Å². The third kappa shape index (κ3) is 2.90. The van der Waals surface area contributed by atoms with Crippen molar-refractivity contribution in [2.45, 2.75) is 19.9 Å². The summed E-state index contributed by atoms with van der Waals surface area (Å²) in [6.07, 6.45) is 3.93. The summed E-state index contributed by atoms with van der Waals surface area (Å²) in [5, 5.41) is 13.0. The molecule has 100 valence electrons. The number of carboxylic acid groups (broad SMARTS) is 1. The number of hydrogen-bond donors (Lipinski definition) is 1. The number of aryl methyl sites for hydroxylation is 1. The minimum Gasteiger partial charge on any atom is -0.478 e. The average molecular weight is 264 g/mol. The quantitative estimate of drug-likeness (QED) is 0.901. The summed E-state index contributed by atoms with van der Waals surface area (Å²) in [5.74, 6) is -1.95. The Bertz CT molecular complexity index is 595. The second-order valence-electron chi connectivity index (χ2n) is 3.96. The maximum atomic E-state index is 13.6. The Balaban J connectivity index is 2.29. The first-order chi connectivity index (χ1) is 9.11. The number of para-hydroxylation sites is 1. The van der Waals surface area contributed by atoms with E-state index in [-0.39, 0.29) is 11.3 Å². The fraction of sp³-hybridized carbons (Fsp3) is 0.231. The summed E-state index contributed by atoms with van der Waals surface area (Å²) in [7, 11) is 0. The Kier molecular flexibility index (Phi) is 3.79. The third-order valence-corrected chi connectivity index (χ3v) is 2.48. The lowest BCUT2D eigenvalue weighted by molar-refractivity contribution is 0.0693. The van der Waals surface area contributed by atoms with Gasteiger partial charge in [-0.15, -0.1) is 0 Å². The summed E-state index contributed by atoms with van der Waals surface area (Å²) in [4.78, 5) is 11.0. The number of aromatic carboxylic acids is 1. The molecule has 0 aliphatic carbocycles. The standard InChI is InChI=1S/C13H13FN2O3/c1-2-6-16-8-9(7-15-16)19-12-10(13(17)18)4-3-5-11(12)14/h3-5,7-8H,2,6H2,1H3,(H,17,18). The highest BCUT2D eigenvalue weighted by Gasteiger charge is 2.17. The van der Waals surface area contributed by atoms with Gasteiger partial charge in [0.05, 0.1) is 12.4 Å². The van der Waals surface area contributed by atoms with Crippen molar-refractivity contribution in [2.75, 3.05) is 0 Å². The van der Waals surface area contributed by atoms with Crippen LogP contribution >= 0.6 is 0 Å². The SMILES string of the molecule is CCCn1cc(Oc2c(F)cccc2C(=O)O)cn1. The highest BCUT2D eigenvalue weighted by molar-refractivity contribution is 5.91. The van der Waals surface area contributed by atoms with Crippen molar-refractivity contribution in [3.05, 3.63) is 42.0 Å². The molecule has 0 aliphatic rings. The number of aromatic nitrogens is 2. The number of benzene rings is 1. The first kappa shape index (κ1) is 13.1. The van der Waals surface area contributed by atoms with Gasteiger partial charge in [0.2, 0.25) is 0 Å². The Labute approximate surface area is 109 Å². The molecule has 0 unspecified atom stereocenters. The molecule has 6 heteroatoms. The van der Waals surface area contributed by atoms with E-state index in [4.69, 9.17) is 9.84 Å². The van der Waals surface area contributed by atoms with Crippen LogP contribution in [0.3, 0.4) is 0 Å². The van der Waals surface area contributed by atoms with Gasteiger partial charge in [0.25, 0.3) is 0 Å². The molecule has 19 heavy (non-hydrogen) atoms. The number of hydrogen-bond acceptors (Lipinski definition) is 3. The Hall–Kier alpha value is -2.37. The molecule has 5 nitrogen and oxygen atoms in total. The molecule has 0 radical (unpaired) electrons. The molecule has 0 saturated carbocycles. The number of rotatable bonds is 5. The topological polar surface area (TPSA) is 64.3 Å². The van der Waals surface area contributed by atoms with Gasteiger partial charge in [-0.05, 0) is 18.6 Å². The van der Waals surface area contributed by atoms with E-state index in [1.807, 2.05) is 6.92 Å². The normalized spacial score (nSPS) is 10.4. The predicted molar refractivity (Wildman–Crippen MR) is 66.0 cm³/mol. The molecule has 1 aromatic heterocycles. The van der Waals surface area contributed by atoms with Gasteiger partial charge in [-0.25, -0.2) is 9.18 Å². The molecule has 1 aromatic carbocycles. The molecule has 2 aromatic rings. The van der Waals surface area contributed by atoms with E-state index in [1.165, 1.54) is 18.3 Å². The maximum absolute atomic E-state index is 13.6. The van der Waals surface area contributed by atoms with Crippen molar-refractivity contribution in [2.24, 2.45) is 0 Å². The average Bonchev–Trinajstić information content (AvgIpc) is 2.79. The molecule has 0 atom stereocenters. The zero-order valence-corrected chi connectivity index (χ0v) is 10.3. The van der Waals surface area contributed by atoms with E-state index in [9.17, 15) is 9.18 Å². The van der Waals surface area contributed by atoms with Crippen LogP contribution in [0.15, 0.2) is 30.6 Å². The number of ether oxygens (including phenoxy) is 1. The van der Waals surface area contributed by atoms with Gasteiger partial charge in [0, 0.05) is 6.54 Å². The van der Waals surface area contributed by atoms with Crippen LogP contribution in [0, 0.1) is 5.82 Å². The highest BCUT2D eigenvalue weighted by atomic mass is 19.1. The van der Waals surface area contributed by atoms with Crippen LogP contribution in [0.2, 0.25) is 0 Å². The molecule has 0 spiro atoms. The van der Waals surface area contributed by atoms with Gasteiger partial charge in [0.1, 0.15) is 5.56 Å². The zero-order chi connectivity index (χ0) is 13.8. The molecular weight excluding hydrogens is 251 g/mol. The van der Waals surface area contributed by atoms with Gasteiger partial charge in [0.15, 0.2) is 17.3 Å². The van der Waals surface area contributed by atoms with Gasteiger partial charge < -0.3 is 9.84 Å². The van der Waals surface area contributed by atoms with Gasteiger partial charge in [-0.1, -0.05) is 13.0 Å². The molecule has 1 N–H and O–H groups in total. The van der Waals surface area contributed by atoms with Crippen molar-refractivity contribution in [3.8, 4) is 11.5 Å². The summed E-state index contributed by atoms with van der Waals surface area (Å²) in [6.45, 7) is 2.72. The lowest BCUT2D eigenvalue weighted by Gasteiger charge is -2.07. The maximum Gasteiger partial charge on any atom is 0.339 e. The summed E-state index contributed by atoms with van der Waals surface area (Å²) < 4.78 is 20.6. The van der Waals surface area contributed by atoms with Crippen LogP contribution < -0.4 is 4.74 Å². The van der Waals surface area contributed by atoms with E-state index in [1.54, 1.807) is 10.9 Å². The monoisotopic (exact) mass is 264 g/mol. The molecule has 0 bridgehead atoms. The van der Waals surface area contributed by atoms with Crippen LogP contribution in [-0.2, 0) is 6.54 Å². The summed E-state index contributed by atoms with van der Waals surface area (Å²) in [6, 6.07) is 3.77. The minimum atomic E-state index is -1.24.